The van der Waals surface area contributed by atoms with Crippen molar-refractivity contribution in [1.29, 1.82) is 5.26 Å². The molecule has 0 saturated carbocycles. The third-order valence-corrected chi connectivity index (χ3v) is 4.27. The second kappa shape index (κ2) is 5.05. The summed E-state index contributed by atoms with van der Waals surface area (Å²) < 4.78 is 16.4. The number of ether oxygens (including phenoxy) is 3. The Labute approximate surface area is 123 Å². The number of nitrogens with zero attached hydrogens (tertiary/aromatic N) is 1. The molecule has 0 radical (unpaired) electrons. The Morgan fingerprint density at radius 2 is 2.14 bits per heavy atom. The van der Waals surface area contributed by atoms with Gasteiger partial charge in [0.2, 0.25) is 5.60 Å². The summed E-state index contributed by atoms with van der Waals surface area (Å²) in [7, 11) is 1.62. The van der Waals surface area contributed by atoms with Gasteiger partial charge in [-0.25, -0.2) is 0 Å². The summed E-state index contributed by atoms with van der Waals surface area (Å²) in [6.45, 7) is 1.33. The molecule has 3 rings (SSSR count). The van der Waals surface area contributed by atoms with E-state index in [1.807, 2.05) is 24.3 Å². The first-order valence-corrected chi connectivity index (χ1v) is 6.98. The Bertz CT molecular complexity index is 591. The normalized spacial score (nSPS) is 33.5. The average molecular weight is 287 g/mol. The van der Waals surface area contributed by atoms with Crippen LogP contribution in [0, 0.1) is 11.3 Å². The summed E-state index contributed by atoms with van der Waals surface area (Å²) in [5.41, 5.74) is -0.0749. The third-order valence-electron chi connectivity index (χ3n) is 4.27. The number of nitriles is 1. The molecule has 5 heteroatoms. The lowest BCUT2D eigenvalue weighted by molar-refractivity contribution is -0.156. The van der Waals surface area contributed by atoms with Crippen molar-refractivity contribution in [3.63, 3.8) is 0 Å². The quantitative estimate of drug-likeness (QED) is 0.797. The highest BCUT2D eigenvalue weighted by molar-refractivity contribution is 5.67. The van der Waals surface area contributed by atoms with Gasteiger partial charge in [-0.2, -0.15) is 5.26 Å². The predicted octanol–water partition coefficient (Wildman–Crippen LogP) is 2.17. The molecule has 2 aliphatic rings. The number of carbonyl (C=O) groups is 1. The first-order chi connectivity index (χ1) is 10.1. The fourth-order valence-electron chi connectivity index (χ4n) is 3.44. The van der Waals surface area contributed by atoms with E-state index >= 15 is 0 Å². The molecular weight excluding hydrogens is 270 g/mol. The lowest BCUT2D eigenvalue weighted by atomic mass is 9.75. The zero-order valence-corrected chi connectivity index (χ0v) is 12.0. The van der Waals surface area contributed by atoms with Crippen molar-refractivity contribution in [2.75, 3.05) is 7.11 Å². The molecule has 2 heterocycles. The molecule has 4 atom stereocenters. The molecule has 1 aromatic rings. The van der Waals surface area contributed by atoms with Gasteiger partial charge in [0.1, 0.15) is 17.9 Å². The summed E-state index contributed by atoms with van der Waals surface area (Å²) in [4.78, 5) is 11.3. The summed E-state index contributed by atoms with van der Waals surface area (Å²) >= 11 is 0. The molecular formula is C16H17NO4. The molecule has 2 saturated heterocycles. The van der Waals surface area contributed by atoms with Crippen LogP contribution in [-0.2, 0) is 14.3 Å². The lowest BCUT2D eigenvalue weighted by Crippen LogP contribution is -2.45. The minimum Gasteiger partial charge on any atom is -0.497 e. The number of hydrogen-bond donors (Lipinski definition) is 0. The van der Waals surface area contributed by atoms with E-state index in [2.05, 4.69) is 6.07 Å². The maximum atomic E-state index is 11.3. The van der Waals surface area contributed by atoms with E-state index in [1.165, 1.54) is 6.92 Å². The highest BCUT2D eigenvalue weighted by atomic mass is 16.6. The minimum atomic E-state index is -1.15. The van der Waals surface area contributed by atoms with Crippen molar-refractivity contribution in [3.8, 4) is 11.8 Å². The van der Waals surface area contributed by atoms with Crippen molar-refractivity contribution < 1.29 is 19.0 Å². The van der Waals surface area contributed by atoms with Gasteiger partial charge in [-0.15, -0.1) is 0 Å². The van der Waals surface area contributed by atoms with Crippen LogP contribution < -0.4 is 4.74 Å². The van der Waals surface area contributed by atoms with Crippen LogP contribution in [0.1, 0.15) is 31.2 Å². The van der Waals surface area contributed by atoms with Crippen LogP contribution in [-0.4, -0.2) is 30.9 Å². The van der Waals surface area contributed by atoms with Crippen LogP contribution in [0.5, 0.6) is 5.75 Å². The summed E-state index contributed by atoms with van der Waals surface area (Å²) in [5, 5.41) is 9.51. The molecule has 5 nitrogen and oxygen atoms in total. The van der Waals surface area contributed by atoms with E-state index < -0.39 is 17.7 Å². The number of esters is 1. The summed E-state index contributed by atoms with van der Waals surface area (Å²) in [6, 6.07) is 9.90. The van der Waals surface area contributed by atoms with Crippen molar-refractivity contribution >= 4 is 5.97 Å². The Hall–Kier alpha value is -2.06. The second-order valence-corrected chi connectivity index (χ2v) is 5.59. The number of carbonyl (C=O) groups excluding carboxylic acids is 1. The van der Waals surface area contributed by atoms with Gasteiger partial charge in [-0.3, -0.25) is 4.79 Å². The van der Waals surface area contributed by atoms with Crippen molar-refractivity contribution in [2.45, 2.75) is 43.5 Å². The van der Waals surface area contributed by atoms with Gasteiger partial charge >= 0.3 is 5.97 Å². The van der Waals surface area contributed by atoms with Gasteiger partial charge in [0, 0.05) is 19.3 Å². The van der Waals surface area contributed by atoms with Gasteiger partial charge in [0.05, 0.1) is 13.2 Å². The molecule has 0 amide bonds. The Balaban J connectivity index is 1.88. The maximum absolute atomic E-state index is 11.3. The SMILES string of the molecule is COc1ccc([C@@H]2C[C@H]3C[C@@](C#N)(OC(C)=O)[C@@H]2O3)cc1. The van der Waals surface area contributed by atoms with Gasteiger partial charge in [-0.05, 0) is 24.1 Å². The zero-order valence-electron chi connectivity index (χ0n) is 12.0. The molecule has 21 heavy (non-hydrogen) atoms. The highest BCUT2D eigenvalue weighted by Crippen LogP contribution is 2.51. The summed E-state index contributed by atoms with van der Waals surface area (Å²) in [6.07, 6.45) is 0.883. The van der Waals surface area contributed by atoms with E-state index in [9.17, 15) is 10.1 Å². The standard InChI is InChI=1S/C16H17NO4/c1-10(18)21-16(9-17)8-13-7-14(15(16)20-13)11-3-5-12(19-2)6-4-11/h3-6,13-15H,7-8H2,1-2H3/t13-,14-,15+,16-/m0/s1. The van der Waals surface area contributed by atoms with Gasteiger partial charge < -0.3 is 14.2 Å². The molecule has 0 unspecified atom stereocenters. The van der Waals surface area contributed by atoms with E-state index in [0.29, 0.717) is 6.42 Å². The van der Waals surface area contributed by atoms with E-state index in [4.69, 9.17) is 14.2 Å². The highest BCUT2D eigenvalue weighted by Gasteiger charge is 2.60. The van der Waals surface area contributed by atoms with E-state index in [1.54, 1.807) is 7.11 Å². The fourth-order valence-corrected chi connectivity index (χ4v) is 3.44. The van der Waals surface area contributed by atoms with Crippen LogP contribution in [0.2, 0.25) is 0 Å². The largest absolute Gasteiger partial charge is 0.497 e. The summed E-state index contributed by atoms with van der Waals surface area (Å²) in [5.74, 6) is 0.407. The molecule has 2 bridgehead atoms. The molecule has 2 aliphatic heterocycles. The minimum absolute atomic E-state index is 0.0268. The molecule has 0 spiro atoms. The van der Waals surface area contributed by atoms with Crippen molar-refractivity contribution in [2.24, 2.45) is 0 Å². The smallest absolute Gasteiger partial charge is 0.304 e. The van der Waals surface area contributed by atoms with Gasteiger partial charge in [-0.1, -0.05) is 12.1 Å². The first-order valence-electron chi connectivity index (χ1n) is 6.98. The molecule has 0 aromatic heterocycles. The second-order valence-electron chi connectivity index (χ2n) is 5.59. The lowest BCUT2D eigenvalue weighted by Gasteiger charge is -2.32. The Morgan fingerprint density at radius 3 is 2.67 bits per heavy atom. The number of fused-ring (bicyclic) bond motifs is 2. The van der Waals surface area contributed by atoms with Crippen LogP contribution in [0.4, 0.5) is 0 Å². The molecule has 0 N–H and O–H groups in total. The zero-order chi connectivity index (χ0) is 15.0. The van der Waals surface area contributed by atoms with Crippen LogP contribution >= 0.6 is 0 Å². The van der Waals surface area contributed by atoms with E-state index in [-0.39, 0.29) is 12.0 Å². The maximum Gasteiger partial charge on any atom is 0.304 e. The topological polar surface area (TPSA) is 68.5 Å². The van der Waals surface area contributed by atoms with Crippen molar-refractivity contribution in [3.05, 3.63) is 29.8 Å². The number of hydrogen-bond acceptors (Lipinski definition) is 5. The fraction of sp³-hybridized carbons (Fsp3) is 0.500. The number of methoxy groups -OCH3 is 1. The Morgan fingerprint density at radius 1 is 1.43 bits per heavy atom. The number of rotatable bonds is 3. The molecule has 0 aliphatic carbocycles. The predicted molar refractivity (Wildman–Crippen MR) is 73.7 cm³/mol. The van der Waals surface area contributed by atoms with Gasteiger partial charge in [0.25, 0.3) is 0 Å². The third kappa shape index (κ3) is 2.26. The first kappa shape index (κ1) is 13.9. The van der Waals surface area contributed by atoms with Crippen LogP contribution in [0.25, 0.3) is 0 Å². The van der Waals surface area contributed by atoms with Gasteiger partial charge in [0.15, 0.2) is 0 Å². The van der Waals surface area contributed by atoms with Crippen LogP contribution in [0.3, 0.4) is 0 Å². The monoisotopic (exact) mass is 287 g/mol. The van der Waals surface area contributed by atoms with Crippen LogP contribution in [0.15, 0.2) is 24.3 Å². The average Bonchev–Trinajstić information content (AvgIpc) is 3.05. The number of benzene rings is 1. The van der Waals surface area contributed by atoms with Crippen molar-refractivity contribution in [1.82, 2.24) is 0 Å². The van der Waals surface area contributed by atoms with E-state index in [0.717, 1.165) is 17.7 Å². The molecule has 2 fully saturated rings. The Kier molecular flexibility index (Phi) is 3.34. The molecule has 1 aromatic carbocycles. The molecule has 110 valence electrons.